The van der Waals surface area contributed by atoms with Gasteiger partial charge in [0.1, 0.15) is 0 Å². The van der Waals surface area contributed by atoms with E-state index in [2.05, 4.69) is 35.4 Å². The molecule has 0 aliphatic heterocycles. The zero-order valence-electron chi connectivity index (χ0n) is 9.91. The van der Waals surface area contributed by atoms with Gasteiger partial charge in [-0.1, -0.05) is 23.7 Å². The van der Waals surface area contributed by atoms with Crippen molar-refractivity contribution in [2.75, 3.05) is 0 Å². The predicted molar refractivity (Wildman–Crippen MR) is 72.3 cm³/mol. The van der Waals surface area contributed by atoms with E-state index in [-0.39, 0.29) is 0 Å². The van der Waals surface area contributed by atoms with Crippen molar-refractivity contribution in [1.29, 1.82) is 0 Å². The summed E-state index contributed by atoms with van der Waals surface area (Å²) in [5.41, 5.74) is 2.59. The fourth-order valence-electron chi connectivity index (χ4n) is 1.81. The average Bonchev–Trinajstić information content (AvgIpc) is 2.83. The highest BCUT2D eigenvalue weighted by Gasteiger charge is 2.03. The Morgan fingerprint density at radius 3 is 2.59 bits per heavy atom. The molecule has 2 aromatic rings. The van der Waals surface area contributed by atoms with Crippen molar-refractivity contribution in [1.82, 2.24) is 10.3 Å². The van der Waals surface area contributed by atoms with Crippen LogP contribution in [0.4, 0.5) is 0 Å². The lowest BCUT2D eigenvalue weighted by Crippen LogP contribution is -2.27. The highest BCUT2D eigenvalue weighted by Crippen LogP contribution is 2.11. The lowest BCUT2D eigenvalue weighted by Gasteiger charge is -2.13. The average molecular weight is 249 g/mol. The molecule has 0 radical (unpaired) electrons. The van der Waals surface area contributed by atoms with Gasteiger partial charge < -0.3 is 10.3 Å². The minimum Gasteiger partial charge on any atom is -0.367 e. The maximum atomic E-state index is 5.86. The number of rotatable bonds is 5. The number of halogens is 1. The Labute approximate surface area is 107 Å². The molecule has 2 N–H and O–H groups in total. The predicted octanol–water partition coefficient (Wildman–Crippen LogP) is 3.39. The fraction of sp³-hybridized carbons (Fsp3) is 0.286. The van der Waals surface area contributed by atoms with E-state index < -0.39 is 0 Å². The smallest absolute Gasteiger partial charge is 0.0406 e. The van der Waals surface area contributed by atoms with Gasteiger partial charge >= 0.3 is 0 Å². The van der Waals surface area contributed by atoms with E-state index in [1.807, 2.05) is 24.5 Å². The van der Waals surface area contributed by atoms with Crippen molar-refractivity contribution in [2.24, 2.45) is 0 Å². The number of H-pyrrole nitrogens is 1. The second-order valence-corrected chi connectivity index (χ2v) is 4.77. The van der Waals surface area contributed by atoms with Crippen LogP contribution in [-0.2, 0) is 13.0 Å². The van der Waals surface area contributed by atoms with Crippen LogP contribution in [0.1, 0.15) is 18.1 Å². The highest BCUT2D eigenvalue weighted by molar-refractivity contribution is 6.30. The summed E-state index contributed by atoms with van der Waals surface area (Å²) in [6.07, 6.45) is 4.98. The third kappa shape index (κ3) is 3.91. The fourth-order valence-corrected chi connectivity index (χ4v) is 1.93. The van der Waals surface area contributed by atoms with Crippen LogP contribution in [0.25, 0.3) is 0 Å². The van der Waals surface area contributed by atoms with Gasteiger partial charge in [-0.15, -0.1) is 0 Å². The van der Waals surface area contributed by atoms with Crippen molar-refractivity contribution >= 4 is 11.6 Å². The lowest BCUT2D eigenvalue weighted by molar-refractivity contribution is 0.546. The summed E-state index contributed by atoms with van der Waals surface area (Å²) in [6, 6.07) is 10.6. The van der Waals surface area contributed by atoms with Crippen molar-refractivity contribution in [3.05, 3.63) is 58.9 Å². The molecule has 1 aromatic carbocycles. The molecule has 0 saturated heterocycles. The zero-order chi connectivity index (χ0) is 12.1. The molecule has 17 heavy (non-hydrogen) atoms. The molecule has 1 unspecified atom stereocenters. The monoisotopic (exact) mass is 248 g/mol. The number of aromatic nitrogens is 1. The van der Waals surface area contributed by atoms with Crippen molar-refractivity contribution in [2.45, 2.75) is 25.9 Å². The van der Waals surface area contributed by atoms with E-state index in [1.165, 1.54) is 11.1 Å². The molecule has 2 rings (SSSR count). The first-order valence-electron chi connectivity index (χ1n) is 5.83. The molecule has 90 valence electrons. The summed E-state index contributed by atoms with van der Waals surface area (Å²) in [6.45, 7) is 3.10. The van der Waals surface area contributed by atoms with Gasteiger partial charge in [-0.3, -0.25) is 0 Å². The number of hydrogen-bond acceptors (Lipinski definition) is 1. The maximum Gasteiger partial charge on any atom is 0.0406 e. The van der Waals surface area contributed by atoms with Crippen molar-refractivity contribution in [3.8, 4) is 0 Å². The van der Waals surface area contributed by atoms with Crippen molar-refractivity contribution < 1.29 is 0 Å². The van der Waals surface area contributed by atoms with Crippen molar-refractivity contribution in [3.63, 3.8) is 0 Å². The summed E-state index contributed by atoms with van der Waals surface area (Å²) in [5.74, 6) is 0. The molecular formula is C14H17ClN2. The van der Waals surface area contributed by atoms with Crippen LogP contribution in [-0.4, -0.2) is 11.0 Å². The molecule has 0 saturated carbocycles. The number of nitrogens with one attached hydrogen (secondary N) is 2. The minimum atomic E-state index is 0.450. The van der Waals surface area contributed by atoms with E-state index in [9.17, 15) is 0 Å². The van der Waals surface area contributed by atoms with E-state index in [1.54, 1.807) is 0 Å². The molecular weight excluding hydrogens is 232 g/mol. The normalized spacial score (nSPS) is 12.6. The van der Waals surface area contributed by atoms with E-state index in [0.717, 1.165) is 18.0 Å². The molecule has 0 aliphatic carbocycles. The van der Waals surface area contributed by atoms with Crippen LogP contribution >= 0.6 is 11.6 Å². The van der Waals surface area contributed by atoms with Gasteiger partial charge in [-0.25, -0.2) is 0 Å². The topological polar surface area (TPSA) is 27.8 Å². The highest BCUT2D eigenvalue weighted by atomic mass is 35.5. The first-order chi connectivity index (χ1) is 8.24. The van der Waals surface area contributed by atoms with Crippen LogP contribution in [0.15, 0.2) is 42.7 Å². The Hall–Kier alpha value is -1.25. The quantitative estimate of drug-likeness (QED) is 0.834. The Morgan fingerprint density at radius 1 is 1.18 bits per heavy atom. The maximum absolute atomic E-state index is 5.86. The van der Waals surface area contributed by atoms with E-state index in [0.29, 0.717) is 6.04 Å². The first kappa shape index (κ1) is 12.2. The van der Waals surface area contributed by atoms with Gasteiger partial charge in [-0.05, 0) is 42.7 Å². The summed E-state index contributed by atoms with van der Waals surface area (Å²) < 4.78 is 0. The molecule has 0 amide bonds. The molecule has 0 bridgehead atoms. The molecule has 1 heterocycles. The van der Waals surface area contributed by atoms with Crippen LogP contribution in [0.2, 0.25) is 5.02 Å². The summed E-state index contributed by atoms with van der Waals surface area (Å²) in [7, 11) is 0. The molecule has 1 aromatic heterocycles. The van der Waals surface area contributed by atoms with Crippen LogP contribution in [0, 0.1) is 0 Å². The van der Waals surface area contributed by atoms with Gasteiger partial charge in [0.05, 0.1) is 0 Å². The Balaban J connectivity index is 1.80. The van der Waals surface area contributed by atoms with Crippen LogP contribution < -0.4 is 5.32 Å². The van der Waals surface area contributed by atoms with Crippen LogP contribution in [0.5, 0.6) is 0 Å². The van der Waals surface area contributed by atoms with Gasteiger partial charge in [0.2, 0.25) is 0 Å². The molecule has 0 aliphatic rings. The number of aromatic amines is 1. The van der Waals surface area contributed by atoms with Gasteiger partial charge in [0.15, 0.2) is 0 Å². The third-order valence-electron chi connectivity index (χ3n) is 2.77. The lowest BCUT2D eigenvalue weighted by atomic mass is 10.1. The zero-order valence-corrected chi connectivity index (χ0v) is 10.7. The van der Waals surface area contributed by atoms with E-state index >= 15 is 0 Å². The molecule has 0 fully saturated rings. The molecule has 0 spiro atoms. The number of benzene rings is 1. The Morgan fingerprint density at radius 2 is 1.94 bits per heavy atom. The van der Waals surface area contributed by atoms with E-state index in [4.69, 9.17) is 11.6 Å². The SMILES string of the molecule is CC(Cc1ccc(Cl)cc1)NCc1cc[nH]c1. The Kier molecular flexibility index (Phi) is 4.24. The minimum absolute atomic E-state index is 0.450. The number of hydrogen-bond donors (Lipinski definition) is 2. The second-order valence-electron chi connectivity index (χ2n) is 4.33. The van der Waals surface area contributed by atoms with Gasteiger partial charge in [0.25, 0.3) is 0 Å². The third-order valence-corrected chi connectivity index (χ3v) is 3.02. The molecule has 3 heteroatoms. The standard InChI is InChI=1S/C14H17ClN2/c1-11(17-10-13-6-7-16-9-13)8-12-2-4-14(15)5-3-12/h2-7,9,11,16-17H,8,10H2,1H3. The second kappa shape index (κ2) is 5.89. The van der Waals surface area contributed by atoms with Gasteiger partial charge in [0, 0.05) is 30.0 Å². The molecule has 2 nitrogen and oxygen atoms in total. The van der Waals surface area contributed by atoms with Crippen LogP contribution in [0.3, 0.4) is 0 Å². The summed E-state index contributed by atoms with van der Waals surface area (Å²) in [4.78, 5) is 3.05. The van der Waals surface area contributed by atoms with Gasteiger partial charge in [-0.2, -0.15) is 0 Å². The first-order valence-corrected chi connectivity index (χ1v) is 6.21. The molecule has 1 atom stereocenters. The summed E-state index contributed by atoms with van der Waals surface area (Å²) in [5, 5.41) is 4.29. The summed E-state index contributed by atoms with van der Waals surface area (Å²) >= 11 is 5.86. The Bertz CT molecular complexity index is 434. The largest absolute Gasteiger partial charge is 0.367 e.